The lowest BCUT2D eigenvalue weighted by molar-refractivity contribution is 0.0757. The largest absolute Gasteiger partial charge is 0.484 e. The Morgan fingerprint density at radius 2 is 2.04 bits per heavy atom. The number of nitrogens with zero attached hydrogens (tertiary/aromatic N) is 3. The van der Waals surface area contributed by atoms with Crippen molar-refractivity contribution in [2.24, 2.45) is 0 Å². The molecule has 0 unspecified atom stereocenters. The third kappa shape index (κ3) is 4.10. The smallest absolute Gasteiger partial charge is 0.275 e. The Kier molecular flexibility index (Phi) is 4.92. The van der Waals surface area contributed by atoms with Crippen molar-refractivity contribution in [3.05, 3.63) is 48.2 Å². The first kappa shape index (κ1) is 15.6. The number of rotatable bonds is 4. The van der Waals surface area contributed by atoms with Gasteiger partial charge in [-0.3, -0.25) is 4.79 Å². The van der Waals surface area contributed by atoms with Crippen LogP contribution in [0.2, 0.25) is 0 Å². The molecule has 1 aromatic heterocycles. The van der Waals surface area contributed by atoms with Gasteiger partial charge in [-0.25, -0.2) is 4.98 Å². The quantitative estimate of drug-likeness (QED) is 0.864. The Morgan fingerprint density at radius 1 is 1.22 bits per heavy atom. The van der Waals surface area contributed by atoms with Gasteiger partial charge in [0.25, 0.3) is 5.91 Å². The minimum Gasteiger partial charge on any atom is -0.484 e. The third-order valence-corrected chi connectivity index (χ3v) is 3.88. The number of carbonyl (C=O) groups excluding carboxylic acids is 1. The first-order chi connectivity index (χ1) is 11.2. The third-order valence-electron chi connectivity index (χ3n) is 3.88. The standard InChI is InChI=1S/C17H21N3O3/c1-19-8-5-9-20(11-10-19)17(21)15-12-23-16(18-15)13-22-14-6-3-2-4-7-14/h2-4,6-7,12H,5,8-11,13H2,1H3. The fourth-order valence-electron chi connectivity index (χ4n) is 2.55. The zero-order chi connectivity index (χ0) is 16.1. The Bertz CT molecular complexity index is 642. The maximum atomic E-state index is 12.5. The first-order valence-electron chi connectivity index (χ1n) is 7.82. The van der Waals surface area contributed by atoms with E-state index in [4.69, 9.17) is 9.15 Å². The van der Waals surface area contributed by atoms with Gasteiger partial charge in [0.2, 0.25) is 5.89 Å². The van der Waals surface area contributed by atoms with E-state index in [0.29, 0.717) is 11.6 Å². The van der Waals surface area contributed by atoms with Crippen LogP contribution in [0, 0.1) is 0 Å². The second kappa shape index (κ2) is 7.28. The fraction of sp³-hybridized carbons (Fsp3) is 0.412. The summed E-state index contributed by atoms with van der Waals surface area (Å²) in [5.74, 6) is 1.08. The van der Waals surface area contributed by atoms with Gasteiger partial charge >= 0.3 is 0 Å². The van der Waals surface area contributed by atoms with Gasteiger partial charge in [0.15, 0.2) is 12.3 Å². The lowest BCUT2D eigenvalue weighted by Gasteiger charge is -2.18. The molecule has 1 aliphatic heterocycles. The summed E-state index contributed by atoms with van der Waals surface area (Å²) in [4.78, 5) is 20.8. The molecule has 0 aliphatic carbocycles. The van der Waals surface area contributed by atoms with Crippen LogP contribution in [0.3, 0.4) is 0 Å². The summed E-state index contributed by atoms with van der Waals surface area (Å²) >= 11 is 0. The molecule has 0 bridgehead atoms. The molecule has 1 aromatic carbocycles. The van der Waals surface area contributed by atoms with E-state index in [0.717, 1.165) is 38.3 Å². The predicted octanol–water partition coefficient (Wildman–Crippen LogP) is 2.03. The number of amides is 1. The molecule has 3 rings (SSSR count). The maximum absolute atomic E-state index is 12.5. The van der Waals surface area contributed by atoms with Gasteiger partial charge < -0.3 is 19.0 Å². The van der Waals surface area contributed by atoms with Crippen LogP contribution < -0.4 is 4.74 Å². The molecular weight excluding hydrogens is 294 g/mol. The van der Waals surface area contributed by atoms with Gasteiger partial charge in [0, 0.05) is 19.6 Å². The van der Waals surface area contributed by atoms with E-state index in [1.54, 1.807) is 0 Å². The topological polar surface area (TPSA) is 58.8 Å². The molecule has 1 fully saturated rings. The molecule has 0 spiro atoms. The molecule has 23 heavy (non-hydrogen) atoms. The van der Waals surface area contributed by atoms with Gasteiger partial charge in [-0.05, 0) is 32.1 Å². The number of aromatic nitrogens is 1. The summed E-state index contributed by atoms with van der Waals surface area (Å²) in [6, 6.07) is 9.45. The van der Waals surface area contributed by atoms with Crippen molar-refractivity contribution in [1.29, 1.82) is 0 Å². The van der Waals surface area contributed by atoms with Crippen LogP contribution in [-0.2, 0) is 6.61 Å². The van der Waals surface area contributed by atoms with E-state index >= 15 is 0 Å². The molecule has 0 saturated carbocycles. The Morgan fingerprint density at radius 3 is 2.87 bits per heavy atom. The molecule has 0 atom stereocenters. The van der Waals surface area contributed by atoms with Crippen molar-refractivity contribution >= 4 is 5.91 Å². The number of oxazole rings is 1. The molecule has 2 heterocycles. The molecular formula is C17H21N3O3. The Balaban J connectivity index is 1.58. The van der Waals surface area contributed by atoms with Crippen molar-refractivity contribution in [2.75, 3.05) is 33.2 Å². The number of ether oxygens (including phenoxy) is 1. The van der Waals surface area contributed by atoms with E-state index < -0.39 is 0 Å². The second-order valence-electron chi connectivity index (χ2n) is 5.68. The monoisotopic (exact) mass is 315 g/mol. The van der Waals surface area contributed by atoms with Gasteiger partial charge in [0.1, 0.15) is 12.0 Å². The second-order valence-corrected chi connectivity index (χ2v) is 5.68. The average Bonchev–Trinajstić information content (AvgIpc) is 2.95. The summed E-state index contributed by atoms with van der Waals surface area (Å²) in [6.07, 6.45) is 2.39. The highest BCUT2D eigenvalue weighted by atomic mass is 16.5. The van der Waals surface area contributed by atoms with Gasteiger partial charge in [-0.2, -0.15) is 0 Å². The molecule has 1 amide bonds. The van der Waals surface area contributed by atoms with E-state index in [9.17, 15) is 4.79 Å². The molecule has 6 heteroatoms. The number of carbonyl (C=O) groups is 1. The van der Waals surface area contributed by atoms with E-state index in [1.807, 2.05) is 35.2 Å². The summed E-state index contributed by atoms with van der Waals surface area (Å²) < 4.78 is 10.9. The average molecular weight is 315 g/mol. The van der Waals surface area contributed by atoms with Crippen LogP contribution in [0.4, 0.5) is 0 Å². The van der Waals surface area contributed by atoms with Crippen LogP contribution in [0.1, 0.15) is 22.8 Å². The SMILES string of the molecule is CN1CCCN(C(=O)c2coc(COc3ccccc3)n2)CC1. The molecule has 0 radical (unpaired) electrons. The van der Waals surface area contributed by atoms with Crippen LogP contribution in [0.15, 0.2) is 41.0 Å². The highest BCUT2D eigenvalue weighted by Crippen LogP contribution is 2.13. The van der Waals surface area contributed by atoms with E-state index in [1.165, 1.54) is 6.26 Å². The van der Waals surface area contributed by atoms with Crippen molar-refractivity contribution in [2.45, 2.75) is 13.0 Å². The molecule has 6 nitrogen and oxygen atoms in total. The summed E-state index contributed by atoms with van der Waals surface area (Å²) in [7, 11) is 2.07. The van der Waals surface area contributed by atoms with E-state index in [-0.39, 0.29) is 12.5 Å². The summed E-state index contributed by atoms with van der Waals surface area (Å²) in [5.41, 5.74) is 0.348. The van der Waals surface area contributed by atoms with Gasteiger partial charge in [0.05, 0.1) is 0 Å². The van der Waals surface area contributed by atoms with Crippen molar-refractivity contribution in [1.82, 2.24) is 14.8 Å². The molecule has 0 N–H and O–H groups in total. The number of para-hydroxylation sites is 1. The van der Waals surface area contributed by atoms with Crippen molar-refractivity contribution in [3.8, 4) is 5.75 Å². The van der Waals surface area contributed by atoms with Crippen LogP contribution in [0.5, 0.6) is 5.75 Å². The zero-order valence-electron chi connectivity index (χ0n) is 13.3. The minimum absolute atomic E-state index is 0.0741. The molecule has 2 aromatic rings. The molecule has 1 saturated heterocycles. The van der Waals surface area contributed by atoms with Crippen LogP contribution >= 0.6 is 0 Å². The Labute approximate surface area is 135 Å². The maximum Gasteiger partial charge on any atom is 0.275 e. The zero-order valence-corrected chi connectivity index (χ0v) is 13.3. The number of hydrogen-bond donors (Lipinski definition) is 0. The van der Waals surface area contributed by atoms with Crippen LogP contribution in [-0.4, -0.2) is 53.9 Å². The lowest BCUT2D eigenvalue weighted by atomic mass is 10.3. The summed E-state index contributed by atoms with van der Waals surface area (Å²) in [5, 5.41) is 0. The minimum atomic E-state index is -0.0741. The van der Waals surface area contributed by atoms with Crippen LogP contribution in [0.25, 0.3) is 0 Å². The summed E-state index contributed by atoms with van der Waals surface area (Å²) in [6.45, 7) is 3.58. The lowest BCUT2D eigenvalue weighted by Crippen LogP contribution is -2.34. The van der Waals surface area contributed by atoms with Crippen molar-refractivity contribution in [3.63, 3.8) is 0 Å². The number of likely N-dealkylation sites (N-methyl/N-ethyl adjacent to an activating group) is 1. The van der Waals surface area contributed by atoms with E-state index in [2.05, 4.69) is 16.9 Å². The van der Waals surface area contributed by atoms with Gasteiger partial charge in [-0.1, -0.05) is 18.2 Å². The highest BCUT2D eigenvalue weighted by molar-refractivity contribution is 5.92. The molecule has 122 valence electrons. The number of hydrogen-bond acceptors (Lipinski definition) is 5. The van der Waals surface area contributed by atoms with Gasteiger partial charge in [-0.15, -0.1) is 0 Å². The fourth-order valence-corrected chi connectivity index (χ4v) is 2.55. The van der Waals surface area contributed by atoms with Crippen molar-refractivity contribution < 1.29 is 13.9 Å². The first-order valence-corrected chi connectivity index (χ1v) is 7.82. The highest BCUT2D eigenvalue weighted by Gasteiger charge is 2.21. The number of benzene rings is 1. The molecule has 1 aliphatic rings. The predicted molar refractivity (Wildman–Crippen MR) is 85.3 cm³/mol. The Hall–Kier alpha value is -2.34. The normalized spacial score (nSPS) is 16.1.